The molecular formula is C16H26N6O4S. The highest BCUT2D eigenvalue weighted by molar-refractivity contribution is 7.88. The Morgan fingerprint density at radius 2 is 1.63 bits per heavy atom. The van der Waals surface area contributed by atoms with Gasteiger partial charge in [-0.3, -0.25) is 4.79 Å². The van der Waals surface area contributed by atoms with E-state index in [0.29, 0.717) is 39.4 Å². The van der Waals surface area contributed by atoms with Crippen LogP contribution in [0.3, 0.4) is 0 Å². The Morgan fingerprint density at radius 3 is 2.19 bits per heavy atom. The van der Waals surface area contributed by atoms with Crippen molar-refractivity contribution in [2.45, 2.75) is 0 Å². The third kappa shape index (κ3) is 5.05. The molecule has 150 valence electrons. The summed E-state index contributed by atoms with van der Waals surface area (Å²) in [6.45, 7) is 5.25. The lowest BCUT2D eigenvalue weighted by Gasteiger charge is -2.36. The number of anilines is 2. The quantitative estimate of drug-likeness (QED) is 0.613. The minimum atomic E-state index is -3.36. The predicted octanol–water partition coefficient (Wildman–Crippen LogP) is -1.15. The molecule has 0 atom stereocenters. The van der Waals surface area contributed by atoms with Crippen molar-refractivity contribution in [3.05, 3.63) is 12.4 Å². The van der Waals surface area contributed by atoms with Crippen LogP contribution in [-0.4, -0.2) is 106 Å². The van der Waals surface area contributed by atoms with E-state index in [2.05, 4.69) is 19.8 Å². The average Bonchev–Trinajstić information content (AvgIpc) is 2.68. The highest BCUT2D eigenvalue weighted by Gasteiger charge is 2.25. The molecule has 3 heterocycles. The van der Waals surface area contributed by atoms with E-state index in [0.717, 1.165) is 35.3 Å². The van der Waals surface area contributed by atoms with E-state index in [-0.39, 0.29) is 12.5 Å². The van der Waals surface area contributed by atoms with Gasteiger partial charge in [-0.2, -0.15) is 4.31 Å². The van der Waals surface area contributed by atoms with E-state index in [1.807, 2.05) is 6.07 Å². The Bertz CT molecular complexity index is 760. The van der Waals surface area contributed by atoms with Crippen molar-refractivity contribution >= 4 is 27.6 Å². The SMILES string of the molecule is CN(CC(=O)N1CCN(c2cc(N3CCOCC3)ncn2)CC1)S(C)(=O)=O. The second-order valence-electron chi connectivity index (χ2n) is 6.72. The van der Waals surface area contributed by atoms with Gasteiger partial charge >= 0.3 is 0 Å². The van der Waals surface area contributed by atoms with Gasteiger partial charge in [0.25, 0.3) is 0 Å². The summed E-state index contributed by atoms with van der Waals surface area (Å²) in [6.07, 6.45) is 2.66. The van der Waals surface area contributed by atoms with Crippen molar-refractivity contribution < 1.29 is 17.9 Å². The molecule has 0 spiro atoms. The van der Waals surface area contributed by atoms with Gasteiger partial charge in [-0.1, -0.05) is 0 Å². The summed E-state index contributed by atoms with van der Waals surface area (Å²) in [5, 5.41) is 0. The predicted molar refractivity (Wildman–Crippen MR) is 101 cm³/mol. The van der Waals surface area contributed by atoms with Crippen LogP contribution in [0.4, 0.5) is 11.6 Å². The molecule has 0 radical (unpaired) electrons. The van der Waals surface area contributed by atoms with E-state index in [1.165, 1.54) is 7.05 Å². The summed E-state index contributed by atoms with van der Waals surface area (Å²) >= 11 is 0. The van der Waals surface area contributed by atoms with Gasteiger partial charge in [0.2, 0.25) is 15.9 Å². The number of hydrogen-bond donors (Lipinski definition) is 0. The van der Waals surface area contributed by atoms with Crippen molar-refractivity contribution in [1.29, 1.82) is 0 Å². The number of amides is 1. The highest BCUT2D eigenvalue weighted by atomic mass is 32.2. The highest BCUT2D eigenvalue weighted by Crippen LogP contribution is 2.20. The number of morpholine rings is 1. The van der Waals surface area contributed by atoms with E-state index in [1.54, 1.807) is 11.2 Å². The molecule has 2 fully saturated rings. The zero-order chi connectivity index (χ0) is 19.4. The number of ether oxygens (including phenoxy) is 1. The second-order valence-corrected chi connectivity index (χ2v) is 8.81. The third-order valence-corrected chi connectivity index (χ3v) is 6.12. The van der Waals surface area contributed by atoms with Gasteiger partial charge in [-0.05, 0) is 0 Å². The summed E-state index contributed by atoms with van der Waals surface area (Å²) in [7, 11) is -1.95. The first-order chi connectivity index (χ1) is 12.8. The largest absolute Gasteiger partial charge is 0.378 e. The van der Waals surface area contributed by atoms with Crippen LogP contribution in [0.5, 0.6) is 0 Å². The zero-order valence-corrected chi connectivity index (χ0v) is 16.6. The minimum Gasteiger partial charge on any atom is -0.378 e. The van der Waals surface area contributed by atoms with Gasteiger partial charge in [0.05, 0.1) is 26.0 Å². The van der Waals surface area contributed by atoms with Crippen molar-refractivity contribution in [2.24, 2.45) is 0 Å². The minimum absolute atomic E-state index is 0.131. The maximum Gasteiger partial charge on any atom is 0.238 e. The Hall–Kier alpha value is -1.98. The number of nitrogens with zero attached hydrogens (tertiary/aromatic N) is 6. The normalized spacial score (nSPS) is 18.9. The third-order valence-electron chi connectivity index (χ3n) is 4.85. The number of hydrogen-bond acceptors (Lipinski definition) is 8. The van der Waals surface area contributed by atoms with Crippen molar-refractivity contribution in [3.8, 4) is 0 Å². The molecule has 3 rings (SSSR count). The lowest BCUT2D eigenvalue weighted by Crippen LogP contribution is -2.51. The van der Waals surface area contributed by atoms with Gasteiger partial charge in [0.1, 0.15) is 18.0 Å². The zero-order valence-electron chi connectivity index (χ0n) is 15.7. The number of aromatic nitrogens is 2. The van der Waals surface area contributed by atoms with Crippen LogP contribution in [0.25, 0.3) is 0 Å². The Morgan fingerprint density at radius 1 is 1.07 bits per heavy atom. The summed E-state index contributed by atoms with van der Waals surface area (Å²) in [4.78, 5) is 27.0. The molecule has 1 aromatic rings. The first-order valence-corrected chi connectivity index (χ1v) is 10.8. The van der Waals surface area contributed by atoms with Crippen LogP contribution in [0, 0.1) is 0 Å². The molecule has 2 aliphatic heterocycles. The van der Waals surface area contributed by atoms with Crippen LogP contribution < -0.4 is 9.80 Å². The second kappa shape index (κ2) is 8.36. The van der Waals surface area contributed by atoms with Crippen LogP contribution >= 0.6 is 0 Å². The fraction of sp³-hybridized carbons (Fsp3) is 0.688. The van der Waals surface area contributed by atoms with E-state index in [4.69, 9.17) is 4.74 Å². The number of likely N-dealkylation sites (N-methyl/N-ethyl adjacent to an activating group) is 1. The Labute approximate surface area is 159 Å². The molecule has 10 nitrogen and oxygen atoms in total. The average molecular weight is 398 g/mol. The van der Waals surface area contributed by atoms with Crippen LogP contribution in [-0.2, 0) is 19.6 Å². The molecule has 0 aliphatic carbocycles. The number of carbonyl (C=O) groups is 1. The molecule has 0 bridgehead atoms. The van der Waals surface area contributed by atoms with Crippen LogP contribution in [0.2, 0.25) is 0 Å². The lowest BCUT2D eigenvalue weighted by molar-refractivity contribution is -0.131. The van der Waals surface area contributed by atoms with Crippen molar-refractivity contribution in [3.63, 3.8) is 0 Å². The fourth-order valence-corrected chi connectivity index (χ4v) is 3.41. The first-order valence-electron chi connectivity index (χ1n) is 8.93. The van der Waals surface area contributed by atoms with E-state index < -0.39 is 10.0 Å². The maximum atomic E-state index is 12.3. The number of sulfonamides is 1. The molecule has 1 amide bonds. The monoisotopic (exact) mass is 398 g/mol. The first kappa shape index (κ1) is 19.8. The maximum absolute atomic E-state index is 12.3. The summed E-state index contributed by atoms with van der Waals surface area (Å²) in [5.74, 6) is 1.54. The number of carbonyl (C=O) groups excluding carboxylic acids is 1. The van der Waals surface area contributed by atoms with Crippen LogP contribution in [0.15, 0.2) is 12.4 Å². The van der Waals surface area contributed by atoms with E-state index in [9.17, 15) is 13.2 Å². The molecular weight excluding hydrogens is 372 g/mol. The number of rotatable bonds is 5. The number of piperazine rings is 1. The van der Waals surface area contributed by atoms with Crippen molar-refractivity contribution in [1.82, 2.24) is 19.2 Å². The molecule has 0 unspecified atom stereocenters. The molecule has 11 heteroatoms. The van der Waals surface area contributed by atoms with E-state index >= 15 is 0 Å². The lowest BCUT2D eigenvalue weighted by atomic mass is 10.3. The summed E-state index contributed by atoms with van der Waals surface area (Å²) in [6, 6.07) is 1.97. The molecule has 0 aromatic carbocycles. The molecule has 0 N–H and O–H groups in total. The molecule has 0 saturated carbocycles. The molecule has 2 aliphatic rings. The fourth-order valence-electron chi connectivity index (χ4n) is 3.07. The smallest absolute Gasteiger partial charge is 0.238 e. The van der Waals surface area contributed by atoms with Gasteiger partial charge < -0.3 is 19.4 Å². The Balaban J connectivity index is 1.57. The van der Waals surface area contributed by atoms with Gasteiger partial charge in [-0.25, -0.2) is 18.4 Å². The van der Waals surface area contributed by atoms with Crippen LogP contribution in [0.1, 0.15) is 0 Å². The Kier molecular flexibility index (Phi) is 6.12. The molecule has 2 saturated heterocycles. The van der Waals surface area contributed by atoms with Gasteiger partial charge in [-0.15, -0.1) is 0 Å². The van der Waals surface area contributed by atoms with Crippen molar-refractivity contribution in [2.75, 3.05) is 82.1 Å². The molecule has 1 aromatic heterocycles. The standard InChI is InChI=1S/C16H26N6O4S/c1-19(27(2,24)25)12-16(23)22-5-3-20(4-6-22)14-11-15(18-13-17-14)21-7-9-26-10-8-21/h11,13H,3-10,12H2,1-2H3. The summed E-state index contributed by atoms with van der Waals surface area (Å²) in [5.41, 5.74) is 0. The van der Waals surface area contributed by atoms with Gasteiger partial charge in [0, 0.05) is 52.4 Å². The summed E-state index contributed by atoms with van der Waals surface area (Å²) < 4.78 is 29.4. The van der Waals surface area contributed by atoms with Gasteiger partial charge in [0.15, 0.2) is 0 Å². The topological polar surface area (TPSA) is 99.2 Å². The molecule has 27 heavy (non-hydrogen) atoms.